The Morgan fingerprint density at radius 1 is 0.365 bits per heavy atom. The van der Waals surface area contributed by atoms with Gasteiger partial charge in [0, 0.05) is 12.8 Å². The lowest BCUT2D eigenvalue weighted by Gasteiger charge is -2.20. The van der Waals surface area contributed by atoms with Crippen LogP contribution in [-0.2, 0) is 14.3 Å². The second-order valence-corrected chi connectivity index (χ2v) is 22.8. The Morgan fingerprint density at radius 3 is 0.959 bits per heavy atom. The van der Waals surface area contributed by atoms with Crippen LogP contribution in [0.5, 0.6) is 0 Å². The molecule has 2 unspecified atom stereocenters. The van der Waals surface area contributed by atoms with E-state index in [0.717, 1.165) is 44.9 Å². The van der Waals surface area contributed by atoms with Crippen molar-refractivity contribution in [2.24, 2.45) is 0 Å². The van der Waals surface area contributed by atoms with E-state index in [4.69, 9.17) is 4.74 Å². The van der Waals surface area contributed by atoms with Gasteiger partial charge in [-0.05, 0) is 83.5 Å². The molecule has 1 amide bonds. The number of allylic oxidation sites excluding steroid dienone is 5. The molecule has 74 heavy (non-hydrogen) atoms. The van der Waals surface area contributed by atoms with Crippen molar-refractivity contribution in [2.75, 3.05) is 13.2 Å². The van der Waals surface area contributed by atoms with Crippen LogP contribution in [0.15, 0.2) is 36.5 Å². The topological polar surface area (TPSA) is 95.9 Å². The maximum Gasteiger partial charge on any atom is 0.305 e. The summed E-state index contributed by atoms with van der Waals surface area (Å²) >= 11 is 0. The molecule has 0 aromatic heterocycles. The van der Waals surface area contributed by atoms with Crippen LogP contribution in [0.3, 0.4) is 0 Å². The highest BCUT2D eigenvalue weighted by Crippen LogP contribution is 2.17. The van der Waals surface area contributed by atoms with E-state index in [1.165, 1.54) is 289 Å². The molecule has 0 rings (SSSR count). The minimum atomic E-state index is -0.842. The minimum Gasteiger partial charge on any atom is -0.466 e. The number of aliphatic hydroxyl groups is 2. The number of carbonyl (C=O) groups excluding carboxylic acids is 2. The van der Waals surface area contributed by atoms with E-state index < -0.39 is 12.1 Å². The van der Waals surface area contributed by atoms with Gasteiger partial charge in [0.15, 0.2) is 0 Å². The van der Waals surface area contributed by atoms with Crippen molar-refractivity contribution < 1.29 is 24.5 Å². The number of ether oxygens (including phenoxy) is 1. The van der Waals surface area contributed by atoms with E-state index in [-0.39, 0.29) is 18.5 Å². The van der Waals surface area contributed by atoms with Crippen molar-refractivity contribution in [2.45, 2.75) is 373 Å². The summed E-state index contributed by atoms with van der Waals surface area (Å²) in [6.07, 6.45) is 80.7. The predicted octanol–water partition coefficient (Wildman–Crippen LogP) is 21.1. The van der Waals surface area contributed by atoms with Crippen molar-refractivity contribution in [3.05, 3.63) is 36.5 Å². The number of unbranched alkanes of at least 4 members (excludes halogenated alkanes) is 47. The zero-order chi connectivity index (χ0) is 53.6. The molecule has 2 atom stereocenters. The summed E-state index contributed by atoms with van der Waals surface area (Å²) in [5.41, 5.74) is 0. The van der Waals surface area contributed by atoms with Crippen LogP contribution in [0, 0.1) is 0 Å². The van der Waals surface area contributed by atoms with Gasteiger partial charge in [0.1, 0.15) is 0 Å². The maximum absolute atomic E-state index is 12.4. The molecule has 0 fully saturated rings. The number of amides is 1. The Hall–Kier alpha value is -1.92. The third-order valence-corrected chi connectivity index (χ3v) is 15.4. The van der Waals surface area contributed by atoms with Crippen LogP contribution in [-0.4, -0.2) is 47.4 Å². The number of aliphatic hydroxyl groups excluding tert-OH is 2. The van der Waals surface area contributed by atoms with Gasteiger partial charge in [0.05, 0.1) is 25.4 Å². The largest absolute Gasteiger partial charge is 0.466 e. The molecule has 0 heterocycles. The first-order chi connectivity index (χ1) is 36.5. The fourth-order valence-corrected chi connectivity index (χ4v) is 10.3. The highest BCUT2D eigenvalue weighted by molar-refractivity contribution is 5.76. The van der Waals surface area contributed by atoms with Gasteiger partial charge in [-0.15, -0.1) is 0 Å². The monoisotopic (exact) mass is 1040 g/mol. The van der Waals surface area contributed by atoms with Crippen LogP contribution in [0.25, 0.3) is 0 Å². The van der Waals surface area contributed by atoms with Crippen molar-refractivity contribution in [1.82, 2.24) is 5.32 Å². The molecule has 6 nitrogen and oxygen atoms in total. The van der Waals surface area contributed by atoms with E-state index in [2.05, 4.69) is 43.5 Å². The number of esters is 1. The summed E-state index contributed by atoms with van der Waals surface area (Å²) in [7, 11) is 0. The van der Waals surface area contributed by atoms with Gasteiger partial charge in [-0.25, -0.2) is 0 Å². The Labute approximate surface area is 462 Å². The Bertz CT molecular complexity index is 1200. The van der Waals surface area contributed by atoms with Crippen LogP contribution in [0.4, 0.5) is 0 Å². The summed E-state index contributed by atoms with van der Waals surface area (Å²) in [6.45, 7) is 4.90. The van der Waals surface area contributed by atoms with Gasteiger partial charge in [-0.3, -0.25) is 9.59 Å². The van der Waals surface area contributed by atoms with E-state index in [1.807, 2.05) is 6.08 Å². The van der Waals surface area contributed by atoms with E-state index in [0.29, 0.717) is 19.4 Å². The highest BCUT2D eigenvalue weighted by atomic mass is 16.5. The molecule has 0 bridgehead atoms. The predicted molar refractivity (Wildman–Crippen MR) is 324 cm³/mol. The van der Waals surface area contributed by atoms with Crippen molar-refractivity contribution in [3.63, 3.8) is 0 Å². The summed E-state index contributed by atoms with van der Waals surface area (Å²) in [6, 6.07) is -0.625. The number of rotatable bonds is 62. The first kappa shape index (κ1) is 72.1. The molecule has 0 aromatic rings. The van der Waals surface area contributed by atoms with Crippen LogP contribution in [0.2, 0.25) is 0 Å². The Morgan fingerprint density at radius 2 is 0.635 bits per heavy atom. The lowest BCUT2D eigenvalue weighted by atomic mass is 10.0. The highest BCUT2D eigenvalue weighted by Gasteiger charge is 2.18. The van der Waals surface area contributed by atoms with Crippen molar-refractivity contribution >= 4 is 11.9 Å². The number of nitrogens with one attached hydrogen (secondary N) is 1. The molecule has 6 heteroatoms. The van der Waals surface area contributed by atoms with Gasteiger partial charge in [0.25, 0.3) is 0 Å². The van der Waals surface area contributed by atoms with E-state index in [9.17, 15) is 19.8 Å². The third-order valence-electron chi connectivity index (χ3n) is 15.4. The molecule has 0 radical (unpaired) electrons. The Kier molecular flexibility index (Phi) is 62.0. The number of hydrogen-bond donors (Lipinski definition) is 3. The fourth-order valence-electron chi connectivity index (χ4n) is 10.3. The number of hydrogen-bond acceptors (Lipinski definition) is 5. The molecule has 3 N–H and O–H groups in total. The average Bonchev–Trinajstić information content (AvgIpc) is 3.40. The summed E-state index contributed by atoms with van der Waals surface area (Å²) in [5.74, 6) is -0.0574. The molecule has 436 valence electrons. The smallest absolute Gasteiger partial charge is 0.305 e. The van der Waals surface area contributed by atoms with Crippen LogP contribution in [0.1, 0.15) is 361 Å². The van der Waals surface area contributed by atoms with Gasteiger partial charge < -0.3 is 20.3 Å². The van der Waals surface area contributed by atoms with Gasteiger partial charge >= 0.3 is 5.97 Å². The zero-order valence-electron chi connectivity index (χ0n) is 49.8. The van der Waals surface area contributed by atoms with E-state index >= 15 is 0 Å². The normalized spacial score (nSPS) is 12.8. The SMILES string of the molecule is CCCCCCCCC/C=C\CCCCCCCC(=O)OCCCCCCCCCCCCCC/C=C\CCCCCCCCCCCCCCCCC(=O)NC(CO)C(O)/C=C/CCCCCCCCCCC. The van der Waals surface area contributed by atoms with E-state index in [1.54, 1.807) is 6.08 Å². The van der Waals surface area contributed by atoms with Crippen molar-refractivity contribution in [1.29, 1.82) is 0 Å². The standard InChI is InChI=1S/C68H129NO5/c1-3-5-7-9-11-13-15-16-17-35-38-42-46-50-54-58-62-68(73)74-63-59-55-51-47-43-39-36-33-31-29-27-25-23-21-19-18-20-22-24-26-28-30-32-34-37-41-45-49-53-57-61-67(72)69-65(64-70)66(71)60-56-52-48-44-40-14-12-10-8-6-4-2/h17,19,21,35,56,60,65-66,70-71H,3-16,18,20,22-34,36-55,57-59,61-64H2,1-2H3,(H,69,72)/b21-19-,35-17-,60-56+. The molecule has 0 saturated carbocycles. The van der Waals surface area contributed by atoms with Gasteiger partial charge in [-0.2, -0.15) is 0 Å². The van der Waals surface area contributed by atoms with Crippen LogP contribution < -0.4 is 5.32 Å². The summed E-state index contributed by atoms with van der Waals surface area (Å²) < 4.78 is 5.49. The molecule has 0 aliphatic heterocycles. The minimum absolute atomic E-state index is 0.00950. The lowest BCUT2D eigenvalue weighted by molar-refractivity contribution is -0.143. The maximum atomic E-state index is 12.4. The molecule has 0 saturated heterocycles. The van der Waals surface area contributed by atoms with Crippen LogP contribution >= 0.6 is 0 Å². The summed E-state index contributed by atoms with van der Waals surface area (Å²) in [4.78, 5) is 24.5. The first-order valence-electron chi connectivity index (χ1n) is 33.3. The fraction of sp³-hybridized carbons (Fsp3) is 0.882. The third kappa shape index (κ3) is 59.3. The zero-order valence-corrected chi connectivity index (χ0v) is 49.8. The molecule has 0 aliphatic rings. The first-order valence-corrected chi connectivity index (χ1v) is 33.3. The summed E-state index contributed by atoms with van der Waals surface area (Å²) in [5, 5.41) is 23.0. The van der Waals surface area contributed by atoms with Gasteiger partial charge in [0.2, 0.25) is 5.91 Å². The lowest BCUT2D eigenvalue weighted by Crippen LogP contribution is -2.45. The molecule has 0 spiro atoms. The Balaban J connectivity index is 3.36. The molecule has 0 aliphatic carbocycles. The number of carbonyl (C=O) groups is 2. The second-order valence-electron chi connectivity index (χ2n) is 22.8. The molecule has 0 aromatic carbocycles. The average molecular weight is 1040 g/mol. The van der Waals surface area contributed by atoms with Crippen molar-refractivity contribution in [3.8, 4) is 0 Å². The second kappa shape index (κ2) is 63.6. The van der Waals surface area contributed by atoms with Gasteiger partial charge in [-0.1, -0.05) is 301 Å². The molecular weight excluding hydrogens is 911 g/mol. The quantitative estimate of drug-likeness (QED) is 0.0320. The molecular formula is C68H129NO5.